The number of quaternary nitrogens is 1. The van der Waals surface area contributed by atoms with Crippen LogP contribution in [0, 0.1) is 0 Å². The molecule has 45 heavy (non-hydrogen) atoms. The summed E-state index contributed by atoms with van der Waals surface area (Å²) in [7, 11) is -4.88. The van der Waals surface area contributed by atoms with E-state index in [4.69, 9.17) is 29.9 Å². The van der Waals surface area contributed by atoms with E-state index in [2.05, 4.69) is 10.8 Å². The van der Waals surface area contributed by atoms with Crippen molar-refractivity contribution < 1.29 is 18.8 Å². The van der Waals surface area contributed by atoms with Gasteiger partial charge in [-0.1, -0.05) is 84.9 Å². The third-order valence-corrected chi connectivity index (χ3v) is 8.92. The first-order valence-corrected chi connectivity index (χ1v) is 15.3. The van der Waals surface area contributed by atoms with Crippen molar-refractivity contribution in [3.8, 4) is 45.6 Å². The molecule has 0 atom stereocenters. The quantitative estimate of drug-likeness (QED) is 0.257. The molecule has 0 saturated carbocycles. The molecule has 0 saturated heterocycles. The summed E-state index contributed by atoms with van der Waals surface area (Å²) in [5.74, 6) is 5.78. The van der Waals surface area contributed by atoms with Crippen LogP contribution in [0.2, 0.25) is 0 Å². The van der Waals surface area contributed by atoms with Crippen molar-refractivity contribution in [2.75, 3.05) is 0 Å². The number of hydrogen-bond acceptors (Lipinski definition) is 9. The van der Waals surface area contributed by atoms with Crippen LogP contribution in [-0.2, 0) is 10.1 Å². The topological polar surface area (TPSA) is 183 Å². The van der Waals surface area contributed by atoms with Gasteiger partial charge in [-0.25, -0.2) is 44.2 Å². The number of benzene rings is 4. The van der Waals surface area contributed by atoms with Gasteiger partial charge in [0.2, 0.25) is 0 Å². The van der Waals surface area contributed by atoms with E-state index in [1.807, 2.05) is 72.8 Å². The van der Waals surface area contributed by atoms with Crippen LogP contribution in [0.5, 0.6) is 0 Å². The molecule has 0 aliphatic carbocycles. The van der Waals surface area contributed by atoms with Crippen molar-refractivity contribution in [1.82, 2.24) is 39.6 Å². The summed E-state index contributed by atoms with van der Waals surface area (Å²) in [6, 6.07) is 27.3. The molecule has 0 fully saturated rings. The van der Waals surface area contributed by atoms with Crippen LogP contribution in [0.15, 0.2) is 95.9 Å². The molecule has 0 radical (unpaired) electrons. The highest BCUT2D eigenvalue weighted by Crippen LogP contribution is 2.37. The Balaban J connectivity index is 1.55. The number of aromatic amines is 1. The van der Waals surface area contributed by atoms with Crippen molar-refractivity contribution >= 4 is 54.3 Å². The number of nitrogens with one attached hydrogen (secondary N) is 1. The molecular formula is C32H19N9O3S. The Hall–Kier alpha value is -5.89. The zero-order valence-corrected chi connectivity index (χ0v) is 23.9. The van der Waals surface area contributed by atoms with E-state index < -0.39 is 15.0 Å². The molecule has 0 unspecified atom stereocenters. The minimum absolute atomic E-state index is 0.115. The minimum Gasteiger partial charge on any atom is -0.744 e. The third kappa shape index (κ3) is 3.75. The highest BCUT2D eigenvalue weighted by atomic mass is 32.2. The summed E-state index contributed by atoms with van der Waals surface area (Å²) in [4.78, 5) is 32.0. The van der Waals surface area contributed by atoms with Crippen LogP contribution in [-0.4, -0.2) is 52.5 Å². The lowest BCUT2D eigenvalue weighted by Gasteiger charge is -2.07. The molecule has 0 amide bonds. The molecule has 12 nitrogen and oxygen atoms in total. The highest BCUT2D eigenvalue weighted by molar-refractivity contribution is 7.86. The van der Waals surface area contributed by atoms with Gasteiger partial charge in [0.15, 0.2) is 34.6 Å². The Bertz CT molecular complexity index is 2720. The second-order valence-corrected chi connectivity index (χ2v) is 12.0. The van der Waals surface area contributed by atoms with Crippen molar-refractivity contribution in [2.45, 2.75) is 4.90 Å². The van der Waals surface area contributed by atoms with Crippen LogP contribution in [0.4, 0.5) is 0 Å². The van der Waals surface area contributed by atoms with E-state index in [1.54, 1.807) is 10.7 Å². The molecule has 2 aliphatic heterocycles. The number of aromatic nitrogens is 8. The van der Waals surface area contributed by atoms with E-state index >= 15 is 0 Å². The molecule has 3 aromatic heterocycles. The minimum atomic E-state index is -4.88. The van der Waals surface area contributed by atoms with Gasteiger partial charge < -0.3 is 9.54 Å². The van der Waals surface area contributed by atoms with Gasteiger partial charge in [-0.2, -0.15) is 4.68 Å². The monoisotopic (exact) mass is 609 g/mol. The standard InChI is InChI=1S/C32H19N9O3S/c33-41-31-20-12-5-6-13-21(20)32(41)40-28-19-11-4-2-9-17(19)26(35-28)37-30-24-22(14-7-15-23(24)45(42,43)44)29(38-30)36-25-16-8-1-3-10-18(16)27(34-25)39-31/h1-15H,33H2,(H,42,43,44)(H,34,35,36,37,38,39,40). The molecule has 4 N–H and O–H groups in total. The molecule has 5 heterocycles. The van der Waals surface area contributed by atoms with Crippen molar-refractivity contribution in [2.24, 2.45) is 0 Å². The highest BCUT2D eigenvalue weighted by Gasteiger charge is 2.24. The second kappa shape index (κ2) is 9.06. The van der Waals surface area contributed by atoms with Crippen molar-refractivity contribution in [3.05, 3.63) is 91.0 Å². The van der Waals surface area contributed by atoms with E-state index in [9.17, 15) is 13.0 Å². The fourth-order valence-electron chi connectivity index (χ4n) is 6.04. The Morgan fingerprint density at radius 3 is 1.51 bits per heavy atom. The molecule has 216 valence electrons. The van der Waals surface area contributed by atoms with Gasteiger partial charge in [-0.3, -0.25) is 0 Å². The van der Waals surface area contributed by atoms with E-state index in [-0.39, 0.29) is 16.7 Å². The normalized spacial score (nSPS) is 12.4. The van der Waals surface area contributed by atoms with Crippen LogP contribution in [0.25, 0.3) is 89.7 Å². The molecule has 4 aromatic carbocycles. The summed E-state index contributed by atoms with van der Waals surface area (Å²) in [5, 5.41) is 2.17. The molecule has 9 rings (SSSR count). The maximum Gasteiger partial charge on any atom is 0.194 e. The smallest absolute Gasteiger partial charge is 0.194 e. The van der Waals surface area contributed by atoms with Crippen molar-refractivity contribution in [3.63, 3.8) is 0 Å². The summed E-state index contributed by atoms with van der Waals surface area (Å²) in [6.45, 7) is 0. The van der Waals surface area contributed by atoms with Crippen LogP contribution in [0.3, 0.4) is 0 Å². The average Bonchev–Trinajstić information content (AvgIpc) is 3.75. The molecule has 8 bridgehead atoms. The fourth-order valence-corrected chi connectivity index (χ4v) is 6.74. The lowest BCUT2D eigenvalue weighted by Crippen LogP contribution is -2.55. The first-order chi connectivity index (χ1) is 21.8. The average molecular weight is 610 g/mol. The van der Waals surface area contributed by atoms with Crippen LogP contribution in [0.1, 0.15) is 0 Å². The Labute approximate surface area is 253 Å². The maximum atomic E-state index is 12.4. The Kier molecular flexibility index (Phi) is 5.15. The van der Waals surface area contributed by atoms with Crippen LogP contribution >= 0.6 is 0 Å². The summed E-state index contributed by atoms with van der Waals surface area (Å²) >= 11 is 0. The zero-order chi connectivity index (χ0) is 30.4. The van der Waals surface area contributed by atoms with Crippen LogP contribution < -0.4 is 5.84 Å². The Morgan fingerprint density at radius 1 is 0.556 bits per heavy atom. The van der Waals surface area contributed by atoms with Crippen molar-refractivity contribution in [1.29, 1.82) is 0 Å². The molecule has 7 aromatic rings. The van der Waals surface area contributed by atoms with Gasteiger partial charge in [0.25, 0.3) is 0 Å². The van der Waals surface area contributed by atoms with E-state index in [0.29, 0.717) is 45.5 Å². The first-order valence-electron chi connectivity index (χ1n) is 13.9. The number of rotatable bonds is 1. The largest absolute Gasteiger partial charge is 0.744 e. The lowest BCUT2D eigenvalue weighted by molar-refractivity contribution is -0.429. The van der Waals surface area contributed by atoms with Gasteiger partial charge in [0, 0.05) is 43.8 Å². The molecular weight excluding hydrogens is 590 g/mol. The van der Waals surface area contributed by atoms with Gasteiger partial charge >= 0.3 is 0 Å². The van der Waals surface area contributed by atoms with E-state index in [0.717, 1.165) is 27.5 Å². The second-order valence-electron chi connectivity index (χ2n) is 10.6. The van der Waals surface area contributed by atoms with E-state index in [1.165, 1.54) is 12.1 Å². The predicted molar refractivity (Wildman–Crippen MR) is 166 cm³/mol. The fraction of sp³-hybridized carbons (Fsp3) is 0. The number of H-pyrrole nitrogens is 1. The number of nitrogens with zero attached hydrogens (tertiary/aromatic N) is 7. The maximum absolute atomic E-state index is 12.4. The van der Waals surface area contributed by atoms with Gasteiger partial charge in [-0.15, -0.1) is 0 Å². The molecule has 0 spiro atoms. The summed E-state index contributed by atoms with van der Waals surface area (Å²) in [6.07, 6.45) is 0. The molecule has 2 aliphatic rings. The van der Waals surface area contributed by atoms with Gasteiger partial charge in [-0.05, 0) is 6.07 Å². The number of hydrogen-bond donors (Lipinski definition) is 2. The zero-order valence-electron chi connectivity index (χ0n) is 23.1. The summed E-state index contributed by atoms with van der Waals surface area (Å²) in [5.41, 5.74) is 4.42. The van der Waals surface area contributed by atoms with Gasteiger partial charge in [0.05, 0.1) is 4.90 Å². The first kappa shape index (κ1) is 25.6. The summed E-state index contributed by atoms with van der Waals surface area (Å²) < 4.78 is 39.0. The molecule has 13 heteroatoms. The SMILES string of the molecule is [NH3+]n1c2nc3nc(nc4[nH]c(nc5nc(nc1c1ccccc12)-c1ccccc1-5)c1c(S(=O)(=O)[O-])cccc41)-c1ccccc1-3. The number of fused-ring (bicyclic) bond motifs is 20. The Morgan fingerprint density at radius 2 is 1.00 bits per heavy atom. The van der Waals surface area contributed by atoms with Gasteiger partial charge in [0.1, 0.15) is 21.4 Å². The lowest BCUT2D eigenvalue weighted by atomic mass is 10.1. The third-order valence-electron chi connectivity index (χ3n) is 8.04. The predicted octanol–water partition coefficient (Wildman–Crippen LogP) is 4.25.